The molecule has 0 aromatic heterocycles. The van der Waals surface area contributed by atoms with Crippen molar-refractivity contribution >= 4 is 17.9 Å². The molecule has 1 saturated heterocycles. The number of alkyl halides is 4. The molecule has 0 aliphatic carbocycles. The van der Waals surface area contributed by atoms with Crippen LogP contribution in [0.4, 0.5) is 17.6 Å². The van der Waals surface area contributed by atoms with Gasteiger partial charge in [0.15, 0.2) is 18.3 Å². The van der Waals surface area contributed by atoms with Crippen molar-refractivity contribution in [3.8, 4) is 0 Å². The fourth-order valence-electron chi connectivity index (χ4n) is 1.97. The van der Waals surface area contributed by atoms with Gasteiger partial charge in [0.2, 0.25) is 12.5 Å². The molecule has 1 aliphatic rings. The topological polar surface area (TPSA) is 88.1 Å². The average Bonchev–Trinajstić information content (AvgIpc) is 2.34. The van der Waals surface area contributed by atoms with Crippen molar-refractivity contribution in [1.29, 1.82) is 0 Å². The van der Waals surface area contributed by atoms with Gasteiger partial charge in [0.25, 0.3) is 0 Å². The largest absolute Gasteiger partial charge is 0.455 e. The Hall–Kier alpha value is -1.91. The van der Waals surface area contributed by atoms with Gasteiger partial charge >= 0.3 is 24.1 Å². The molecule has 11 heteroatoms. The van der Waals surface area contributed by atoms with Crippen LogP contribution in [0.5, 0.6) is 0 Å². The Kier molecular flexibility index (Phi) is 5.92. The Morgan fingerprint density at radius 1 is 0.870 bits per heavy atom. The Bertz CT molecular complexity index is 479. The van der Waals surface area contributed by atoms with Crippen molar-refractivity contribution in [1.82, 2.24) is 0 Å². The molecule has 7 nitrogen and oxygen atoms in total. The van der Waals surface area contributed by atoms with Gasteiger partial charge in [-0.25, -0.2) is 4.39 Å². The van der Waals surface area contributed by atoms with E-state index >= 15 is 0 Å². The summed E-state index contributed by atoms with van der Waals surface area (Å²) in [5.74, 6) is -3.38. The Balaban J connectivity index is 3.21. The maximum absolute atomic E-state index is 14.3. The minimum atomic E-state index is -5.10. The van der Waals surface area contributed by atoms with E-state index < -0.39 is 54.9 Å². The number of esters is 3. The van der Waals surface area contributed by atoms with Crippen molar-refractivity contribution in [2.24, 2.45) is 0 Å². The van der Waals surface area contributed by atoms with Gasteiger partial charge in [-0.05, 0) is 0 Å². The molecule has 5 atom stereocenters. The first-order valence-electron chi connectivity index (χ1n) is 6.31. The molecule has 0 saturated carbocycles. The highest BCUT2D eigenvalue weighted by molar-refractivity contribution is 5.68. The van der Waals surface area contributed by atoms with Crippen molar-refractivity contribution in [3.63, 3.8) is 0 Å². The third-order valence-electron chi connectivity index (χ3n) is 2.69. The number of rotatable bonds is 3. The van der Waals surface area contributed by atoms with Crippen LogP contribution in [0.1, 0.15) is 20.8 Å². The summed E-state index contributed by atoms with van der Waals surface area (Å²) in [7, 11) is 0. The molecule has 0 N–H and O–H groups in total. The zero-order chi connectivity index (χ0) is 17.9. The minimum absolute atomic E-state index is 0.795. The van der Waals surface area contributed by atoms with Gasteiger partial charge in [-0.1, -0.05) is 0 Å². The molecule has 0 radical (unpaired) electrons. The Labute approximate surface area is 127 Å². The van der Waals surface area contributed by atoms with E-state index in [1.54, 1.807) is 0 Å². The molecule has 1 fully saturated rings. The van der Waals surface area contributed by atoms with Gasteiger partial charge in [0, 0.05) is 20.8 Å². The second kappa shape index (κ2) is 7.11. The lowest BCUT2D eigenvalue weighted by atomic mass is 9.98. The van der Waals surface area contributed by atoms with E-state index in [1.807, 2.05) is 0 Å². The Morgan fingerprint density at radius 2 is 1.30 bits per heavy atom. The first-order valence-corrected chi connectivity index (χ1v) is 6.31. The summed E-state index contributed by atoms with van der Waals surface area (Å²) >= 11 is 0. The number of halogens is 4. The monoisotopic (exact) mass is 346 g/mol. The molecule has 1 rings (SSSR count). The SMILES string of the molecule is CC(=O)OC1OC(C(F)(F)F)C(OC(C)=O)C(OC(C)=O)C1F. The number of carbonyl (C=O) groups is 3. The molecular formula is C12H14F4O7. The molecule has 0 spiro atoms. The molecule has 132 valence electrons. The van der Waals surface area contributed by atoms with Crippen LogP contribution in [0.15, 0.2) is 0 Å². The van der Waals surface area contributed by atoms with Gasteiger partial charge in [-0.3, -0.25) is 14.4 Å². The molecule has 23 heavy (non-hydrogen) atoms. The lowest BCUT2D eigenvalue weighted by Gasteiger charge is -2.42. The quantitative estimate of drug-likeness (QED) is 0.429. The normalized spacial score (nSPS) is 31.2. The first-order chi connectivity index (χ1) is 10.4. The summed E-state index contributed by atoms with van der Waals surface area (Å²) in [6.07, 6.45) is -17.1. The average molecular weight is 346 g/mol. The molecule has 0 aromatic carbocycles. The fourth-order valence-corrected chi connectivity index (χ4v) is 1.97. The third kappa shape index (κ3) is 5.05. The standard InChI is InChI=1S/C12H14F4O7/c1-4(17)20-8-7(13)11(22-6(3)19)23-10(12(14,15)16)9(8)21-5(2)18/h7-11H,1-3H3. The van der Waals surface area contributed by atoms with Crippen LogP contribution in [0.2, 0.25) is 0 Å². The van der Waals surface area contributed by atoms with Crippen molar-refractivity contribution in [3.05, 3.63) is 0 Å². The van der Waals surface area contributed by atoms with Crippen LogP contribution in [0, 0.1) is 0 Å². The number of hydrogen-bond acceptors (Lipinski definition) is 7. The van der Waals surface area contributed by atoms with E-state index in [9.17, 15) is 31.9 Å². The van der Waals surface area contributed by atoms with Gasteiger partial charge in [-0.15, -0.1) is 0 Å². The van der Waals surface area contributed by atoms with Crippen molar-refractivity contribution < 1.29 is 50.9 Å². The molecular weight excluding hydrogens is 332 g/mol. The van der Waals surface area contributed by atoms with E-state index in [1.165, 1.54) is 0 Å². The van der Waals surface area contributed by atoms with Crippen LogP contribution in [0.25, 0.3) is 0 Å². The molecule has 0 bridgehead atoms. The molecule has 0 amide bonds. The molecule has 0 aromatic rings. The second-order valence-electron chi connectivity index (χ2n) is 4.67. The van der Waals surface area contributed by atoms with Gasteiger partial charge in [-0.2, -0.15) is 13.2 Å². The number of ether oxygens (including phenoxy) is 4. The summed E-state index contributed by atoms with van der Waals surface area (Å²) in [6, 6.07) is 0. The summed E-state index contributed by atoms with van der Waals surface area (Å²) < 4.78 is 71.1. The number of hydrogen-bond donors (Lipinski definition) is 0. The maximum atomic E-state index is 14.3. The predicted octanol–water partition coefficient (Wildman–Crippen LogP) is 1.04. The molecule has 1 aliphatic heterocycles. The van der Waals surface area contributed by atoms with E-state index in [0.717, 1.165) is 20.8 Å². The summed E-state index contributed by atoms with van der Waals surface area (Å²) in [4.78, 5) is 32.9. The fraction of sp³-hybridized carbons (Fsp3) is 0.750. The van der Waals surface area contributed by atoms with Crippen LogP contribution in [0.3, 0.4) is 0 Å². The summed E-state index contributed by atoms with van der Waals surface area (Å²) in [5, 5.41) is 0. The first kappa shape index (κ1) is 19.1. The maximum Gasteiger partial charge on any atom is 0.418 e. The van der Waals surface area contributed by atoms with Crippen LogP contribution >= 0.6 is 0 Å². The summed E-state index contributed by atoms with van der Waals surface area (Å²) in [6.45, 7) is 2.46. The highest BCUT2D eigenvalue weighted by Crippen LogP contribution is 2.37. The minimum Gasteiger partial charge on any atom is -0.455 e. The zero-order valence-corrected chi connectivity index (χ0v) is 12.3. The number of carbonyl (C=O) groups excluding carboxylic acids is 3. The van der Waals surface area contributed by atoms with Crippen LogP contribution in [-0.2, 0) is 33.3 Å². The van der Waals surface area contributed by atoms with E-state index in [0.29, 0.717) is 0 Å². The summed E-state index contributed by atoms with van der Waals surface area (Å²) in [5.41, 5.74) is 0. The predicted molar refractivity (Wildman–Crippen MR) is 62.5 cm³/mol. The lowest BCUT2D eigenvalue weighted by Crippen LogP contribution is -2.63. The molecule has 5 unspecified atom stereocenters. The molecule has 1 heterocycles. The highest BCUT2D eigenvalue weighted by atomic mass is 19.4. The van der Waals surface area contributed by atoms with Gasteiger partial charge in [0.1, 0.15) is 0 Å². The lowest BCUT2D eigenvalue weighted by molar-refractivity contribution is -0.340. The smallest absolute Gasteiger partial charge is 0.418 e. The van der Waals surface area contributed by atoms with Crippen molar-refractivity contribution in [2.45, 2.75) is 57.7 Å². The third-order valence-corrected chi connectivity index (χ3v) is 2.69. The van der Waals surface area contributed by atoms with Crippen molar-refractivity contribution in [2.75, 3.05) is 0 Å². The van der Waals surface area contributed by atoms with Crippen LogP contribution < -0.4 is 0 Å². The highest BCUT2D eigenvalue weighted by Gasteiger charge is 2.60. The second-order valence-corrected chi connectivity index (χ2v) is 4.67. The van der Waals surface area contributed by atoms with E-state index in [4.69, 9.17) is 0 Å². The van der Waals surface area contributed by atoms with E-state index in [2.05, 4.69) is 18.9 Å². The zero-order valence-electron chi connectivity index (χ0n) is 12.3. The van der Waals surface area contributed by atoms with E-state index in [-0.39, 0.29) is 0 Å². The van der Waals surface area contributed by atoms with Gasteiger partial charge in [0.05, 0.1) is 0 Å². The van der Waals surface area contributed by atoms with Gasteiger partial charge < -0.3 is 18.9 Å². The van der Waals surface area contributed by atoms with Crippen LogP contribution in [-0.4, -0.2) is 54.9 Å². The Morgan fingerprint density at radius 3 is 1.70 bits per heavy atom.